The molecule has 0 fully saturated rings. The lowest BCUT2D eigenvalue weighted by molar-refractivity contribution is -0.113. The molecule has 0 spiro atoms. The fourth-order valence-corrected chi connectivity index (χ4v) is 3.62. The molecule has 4 rings (SSSR count). The Bertz CT molecular complexity index is 1110. The number of anilines is 1. The van der Waals surface area contributed by atoms with Gasteiger partial charge in [-0.3, -0.25) is 9.69 Å². The Hall–Kier alpha value is -2.40. The summed E-state index contributed by atoms with van der Waals surface area (Å²) in [6.07, 6.45) is 1.68. The van der Waals surface area contributed by atoms with Gasteiger partial charge < -0.3 is 0 Å². The molecule has 3 aromatic rings. The smallest absolute Gasteiger partial charge is 0.266 e. The van der Waals surface area contributed by atoms with E-state index in [4.69, 9.17) is 23.2 Å². The molecule has 0 atom stereocenters. The normalized spacial score (nSPS) is 15.2. The summed E-state index contributed by atoms with van der Waals surface area (Å²) in [5.41, 5.74) is 2.58. The van der Waals surface area contributed by atoms with Crippen LogP contribution in [0.15, 0.2) is 88.0 Å². The van der Waals surface area contributed by atoms with Gasteiger partial charge in [0, 0.05) is 20.1 Å². The maximum Gasteiger partial charge on any atom is 0.282 e. The zero-order valence-electron chi connectivity index (χ0n) is 14.4. The molecule has 0 N–H and O–H groups in total. The molecule has 1 aliphatic rings. The van der Waals surface area contributed by atoms with E-state index < -0.39 is 0 Å². The molecule has 3 aromatic carbocycles. The molecule has 1 heterocycles. The Balaban J connectivity index is 1.83. The van der Waals surface area contributed by atoms with E-state index >= 15 is 0 Å². The number of carbonyl (C=O) groups is 1. The second-order valence-corrected chi connectivity index (χ2v) is 7.87. The summed E-state index contributed by atoms with van der Waals surface area (Å²) < 4.78 is 0.935. The first-order valence-electron chi connectivity index (χ1n) is 8.44. The van der Waals surface area contributed by atoms with Crippen molar-refractivity contribution in [2.24, 2.45) is 4.99 Å². The zero-order chi connectivity index (χ0) is 19.7. The summed E-state index contributed by atoms with van der Waals surface area (Å²) in [6.45, 7) is 0. The van der Waals surface area contributed by atoms with Crippen molar-refractivity contribution >= 4 is 62.6 Å². The molecule has 0 saturated heterocycles. The first-order valence-corrected chi connectivity index (χ1v) is 9.99. The van der Waals surface area contributed by atoms with Crippen LogP contribution in [0.3, 0.4) is 0 Å². The topological polar surface area (TPSA) is 32.7 Å². The van der Waals surface area contributed by atoms with Gasteiger partial charge in [0.15, 0.2) is 0 Å². The van der Waals surface area contributed by atoms with Crippen molar-refractivity contribution in [3.63, 3.8) is 0 Å². The largest absolute Gasteiger partial charge is 0.282 e. The highest BCUT2D eigenvalue weighted by atomic mass is 79.9. The highest BCUT2D eigenvalue weighted by Gasteiger charge is 2.32. The summed E-state index contributed by atoms with van der Waals surface area (Å²) in [5.74, 6) is 0.358. The van der Waals surface area contributed by atoms with E-state index in [9.17, 15) is 4.79 Å². The van der Waals surface area contributed by atoms with E-state index in [1.54, 1.807) is 29.2 Å². The summed E-state index contributed by atoms with van der Waals surface area (Å²) in [6, 6.07) is 22.3. The van der Waals surface area contributed by atoms with Crippen molar-refractivity contribution in [3.8, 4) is 0 Å². The van der Waals surface area contributed by atoms with Crippen molar-refractivity contribution < 1.29 is 4.79 Å². The van der Waals surface area contributed by atoms with Crippen LogP contribution in [0, 0.1) is 0 Å². The maximum atomic E-state index is 13.2. The summed E-state index contributed by atoms with van der Waals surface area (Å²) in [4.78, 5) is 19.5. The van der Waals surface area contributed by atoms with Crippen molar-refractivity contribution in [2.45, 2.75) is 0 Å². The SMILES string of the molecule is O=C1/C(=C\c2ccc(Cl)cc2Cl)N=C(c2ccccc2)N1c1ccc(Br)cc1. The van der Waals surface area contributed by atoms with Gasteiger partial charge in [-0.15, -0.1) is 0 Å². The lowest BCUT2D eigenvalue weighted by atomic mass is 10.1. The number of nitrogens with zero attached hydrogens (tertiary/aromatic N) is 2. The van der Waals surface area contributed by atoms with Crippen molar-refractivity contribution in [1.29, 1.82) is 0 Å². The highest BCUT2D eigenvalue weighted by Crippen LogP contribution is 2.30. The monoisotopic (exact) mass is 470 g/mol. The van der Waals surface area contributed by atoms with Gasteiger partial charge in [-0.2, -0.15) is 0 Å². The van der Waals surface area contributed by atoms with Crippen LogP contribution in [0.4, 0.5) is 5.69 Å². The first kappa shape index (κ1) is 18.9. The predicted molar refractivity (Wildman–Crippen MR) is 119 cm³/mol. The van der Waals surface area contributed by atoms with E-state index in [2.05, 4.69) is 20.9 Å². The maximum absolute atomic E-state index is 13.2. The third-order valence-electron chi connectivity index (χ3n) is 4.23. The Morgan fingerprint density at radius 2 is 1.64 bits per heavy atom. The van der Waals surface area contributed by atoms with Crippen LogP contribution in [0.1, 0.15) is 11.1 Å². The molecule has 0 aromatic heterocycles. The fraction of sp³-hybridized carbons (Fsp3) is 0. The lowest BCUT2D eigenvalue weighted by Gasteiger charge is -2.18. The number of halogens is 3. The van der Waals surface area contributed by atoms with Crippen molar-refractivity contribution in [2.75, 3.05) is 4.90 Å². The first-order chi connectivity index (χ1) is 13.5. The van der Waals surface area contributed by atoms with E-state index in [1.165, 1.54) is 0 Å². The summed E-state index contributed by atoms with van der Waals surface area (Å²) >= 11 is 15.7. The van der Waals surface area contributed by atoms with E-state index in [-0.39, 0.29) is 5.91 Å². The van der Waals surface area contributed by atoms with E-state index in [0.29, 0.717) is 27.1 Å². The van der Waals surface area contributed by atoms with Crippen LogP contribution in [0.25, 0.3) is 6.08 Å². The van der Waals surface area contributed by atoms with Crippen LogP contribution < -0.4 is 4.90 Å². The fourth-order valence-electron chi connectivity index (χ4n) is 2.89. The number of amides is 1. The summed E-state index contributed by atoms with van der Waals surface area (Å²) in [7, 11) is 0. The molecule has 1 aliphatic heterocycles. The average molecular weight is 472 g/mol. The minimum Gasteiger partial charge on any atom is -0.266 e. The van der Waals surface area contributed by atoms with Gasteiger partial charge in [0.2, 0.25) is 0 Å². The van der Waals surface area contributed by atoms with Gasteiger partial charge in [0.05, 0.1) is 5.69 Å². The molecule has 1 amide bonds. The van der Waals surface area contributed by atoms with Crippen LogP contribution in [0.2, 0.25) is 10.0 Å². The minimum atomic E-state index is -0.216. The molecule has 0 bridgehead atoms. The Labute approximate surface area is 181 Å². The summed E-state index contributed by atoms with van der Waals surface area (Å²) in [5, 5.41) is 1.00. The van der Waals surface area contributed by atoms with Gasteiger partial charge in [-0.25, -0.2) is 4.99 Å². The van der Waals surface area contributed by atoms with Gasteiger partial charge in [0.1, 0.15) is 11.5 Å². The van der Waals surface area contributed by atoms with Crippen LogP contribution >= 0.6 is 39.1 Å². The quantitative estimate of drug-likeness (QED) is 0.396. The second-order valence-electron chi connectivity index (χ2n) is 6.11. The number of aliphatic imine (C=N–C) groups is 1. The van der Waals surface area contributed by atoms with Gasteiger partial charge in [0.25, 0.3) is 5.91 Å². The number of carbonyl (C=O) groups excluding carboxylic acids is 1. The molecule has 0 saturated carbocycles. The van der Waals surface area contributed by atoms with E-state index in [1.807, 2.05) is 54.6 Å². The lowest BCUT2D eigenvalue weighted by Crippen LogP contribution is -2.32. The van der Waals surface area contributed by atoms with E-state index in [0.717, 1.165) is 15.7 Å². The molecule has 138 valence electrons. The Morgan fingerprint density at radius 1 is 0.929 bits per heavy atom. The average Bonchev–Trinajstić information content (AvgIpc) is 3.02. The van der Waals surface area contributed by atoms with Gasteiger partial charge in [-0.1, -0.05) is 75.5 Å². The molecule has 0 unspecified atom stereocenters. The third kappa shape index (κ3) is 3.76. The standard InChI is InChI=1S/C22H13BrCl2N2O/c23-16-7-10-18(11-8-16)27-21(14-4-2-1-3-5-14)26-20(22(27)28)12-15-6-9-17(24)13-19(15)25/h1-13H/b20-12+. The van der Waals surface area contributed by atoms with Crippen LogP contribution in [-0.2, 0) is 4.79 Å². The van der Waals surface area contributed by atoms with Crippen LogP contribution in [0.5, 0.6) is 0 Å². The molecule has 6 heteroatoms. The van der Waals surface area contributed by atoms with Crippen molar-refractivity contribution in [1.82, 2.24) is 0 Å². The van der Waals surface area contributed by atoms with Crippen molar-refractivity contribution in [3.05, 3.63) is 104 Å². The zero-order valence-corrected chi connectivity index (χ0v) is 17.5. The van der Waals surface area contributed by atoms with Gasteiger partial charge >= 0.3 is 0 Å². The molecule has 0 aliphatic carbocycles. The second kappa shape index (κ2) is 7.92. The molecule has 3 nitrogen and oxygen atoms in total. The number of benzene rings is 3. The third-order valence-corrected chi connectivity index (χ3v) is 5.32. The number of hydrogen-bond donors (Lipinski definition) is 0. The number of rotatable bonds is 3. The minimum absolute atomic E-state index is 0.216. The van der Waals surface area contributed by atoms with Gasteiger partial charge in [-0.05, 0) is 48.0 Å². The highest BCUT2D eigenvalue weighted by molar-refractivity contribution is 9.10. The molecular formula is C22H13BrCl2N2O. The molecule has 28 heavy (non-hydrogen) atoms. The molecule has 0 radical (unpaired) electrons. The van der Waals surface area contributed by atoms with Crippen LogP contribution in [-0.4, -0.2) is 11.7 Å². The Kier molecular flexibility index (Phi) is 5.36. The Morgan fingerprint density at radius 3 is 2.32 bits per heavy atom. The number of hydrogen-bond acceptors (Lipinski definition) is 2. The molecular weight excluding hydrogens is 459 g/mol. The predicted octanol–water partition coefficient (Wildman–Crippen LogP) is 6.59. The number of amidine groups is 1.